The molecule has 2 aromatic carbocycles. The molecule has 8 heteroatoms. The number of aromatic nitrogens is 4. The highest BCUT2D eigenvalue weighted by atomic mass is 16.5. The Bertz CT molecular complexity index is 1580. The van der Waals surface area contributed by atoms with E-state index < -0.39 is 5.97 Å². The van der Waals surface area contributed by atoms with Crippen molar-refractivity contribution in [1.82, 2.24) is 24.9 Å². The van der Waals surface area contributed by atoms with Gasteiger partial charge in [-0.05, 0) is 91.1 Å². The summed E-state index contributed by atoms with van der Waals surface area (Å²) in [6, 6.07) is 12.7. The van der Waals surface area contributed by atoms with Crippen molar-refractivity contribution in [3.63, 3.8) is 0 Å². The van der Waals surface area contributed by atoms with Crippen molar-refractivity contribution in [3.8, 4) is 5.75 Å². The maximum atomic E-state index is 12.2. The molecule has 3 heterocycles. The zero-order valence-corrected chi connectivity index (χ0v) is 23.7. The maximum absolute atomic E-state index is 12.2. The average Bonchev–Trinajstić information content (AvgIpc) is 3.55. The van der Waals surface area contributed by atoms with Gasteiger partial charge < -0.3 is 9.84 Å². The van der Waals surface area contributed by atoms with Crippen molar-refractivity contribution in [2.45, 2.75) is 77.5 Å². The molecule has 0 radical (unpaired) electrons. The zero-order valence-electron chi connectivity index (χ0n) is 23.7. The van der Waals surface area contributed by atoms with E-state index in [-0.39, 0.29) is 24.5 Å². The highest BCUT2D eigenvalue weighted by Crippen LogP contribution is 2.39. The second-order valence-corrected chi connectivity index (χ2v) is 11.3. The zero-order chi connectivity index (χ0) is 28.0. The number of hydrogen-bond acceptors (Lipinski definition) is 6. The quantitative estimate of drug-likeness (QED) is 0.331. The van der Waals surface area contributed by atoms with E-state index in [4.69, 9.17) is 9.72 Å². The summed E-state index contributed by atoms with van der Waals surface area (Å²) < 4.78 is 8.13. The number of nitrogens with zero attached hydrogens (tertiary/aromatic N) is 5. The summed E-state index contributed by atoms with van der Waals surface area (Å²) in [5, 5.41) is 18.6. The summed E-state index contributed by atoms with van der Waals surface area (Å²) in [6.07, 6.45) is 6.08. The van der Waals surface area contributed by atoms with E-state index >= 15 is 0 Å². The first kappa shape index (κ1) is 26.4. The third kappa shape index (κ3) is 4.74. The standard InChI is InChI=1S/C32H37N5O3/c1-5-24-18-37(20(3)32-29(40-24)10-7-13-33-32)17-23-15-22(14-21-8-6-9-26(21)23)27(16-30(38)39)25-11-12-28-31(19(25)2)34-35-36(28)4/h7,10-15,20,24,27H,5-6,8-9,16-18H2,1-4H3,(H,38,39)/t20-,24+,27+/m0/s1. The lowest BCUT2D eigenvalue weighted by atomic mass is 9.83. The molecule has 0 unspecified atom stereocenters. The molecular weight excluding hydrogens is 502 g/mol. The fraction of sp³-hybridized carbons (Fsp3) is 0.438. The van der Waals surface area contributed by atoms with Crippen LogP contribution < -0.4 is 4.74 Å². The van der Waals surface area contributed by atoms with E-state index in [1.165, 1.54) is 16.7 Å². The van der Waals surface area contributed by atoms with E-state index in [0.29, 0.717) is 0 Å². The number of aliphatic carboxylic acids is 1. The molecule has 6 rings (SSSR count). The van der Waals surface area contributed by atoms with Crippen LogP contribution in [0.2, 0.25) is 0 Å². The van der Waals surface area contributed by atoms with Crippen molar-refractivity contribution < 1.29 is 14.6 Å². The normalized spacial score (nSPS) is 19.6. The SMILES string of the molecule is CC[C@@H]1CN(Cc2cc([C@@H](CC(=O)O)c3ccc4c(nnn4C)c3C)cc3c2CCC3)[C@@H](C)c2ncccc2O1. The van der Waals surface area contributed by atoms with Crippen LogP contribution >= 0.6 is 0 Å². The van der Waals surface area contributed by atoms with Crippen molar-refractivity contribution in [2.75, 3.05) is 6.54 Å². The lowest BCUT2D eigenvalue weighted by Crippen LogP contribution is -2.34. The van der Waals surface area contributed by atoms with Crippen molar-refractivity contribution in [1.29, 1.82) is 0 Å². The number of hydrogen-bond donors (Lipinski definition) is 1. The molecule has 1 N–H and O–H groups in total. The van der Waals surface area contributed by atoms with Gasteiger partial charge in [0.15, 0.2) is 0 Å². The fourth-order valence-corrected chi connectivity index (χ4v) is 6.63. The molecule has 0 spiro atoms. The number of pyridine rings is 1. The lowest BCUT2D eigenvalue weighted by Gasteiger charge is -2.30. The van der Waals surface area contributed by atoms with E-state index in [0.717, 1.165) is 77.9 Å². The van der Waals surface area contributed by atoms with E-state index in [2.05, 4.69) is 47.3 Å². The molecular formula is C32H37N5O3. The Balaban J connectivity index is 1.42. The second kappa shape index (κ2) is 10.7. The van der Waals surface area contributed by atoms with Gasteiger partial charge in [0, 0.05) is 32.3 Å². The molecule has 40 heavy (non-hydrogen) atoms. The summed E-state index contributed by atoms with van der Waals surface area (Å²) in [7, 11) is 1.88. The molecule has 4 aromatic rings. The van der Waals surface area contributed by atoms with Gasteiger partial charge in [-0.2, -0.15) is 0 Å². The van der Waals surface area contributed by atoms with Gasteiger partial charge in [0.1, 0.15) is 17.4 Å². The minimum atomic E-state index is -0.808. The van der Waals surface area contributed by atoms with Crippen LogP contribution in [0.4, 0.5) is 0 Å². The van der Waals surface area contributed by atoms with Crippen LogP contribution in [0.25, 0.3) is 11.0 Å². The Hall–Kier alpha value is -3.78. The van der Waals surface area contributed by atoms with Gasteiger partial charge in [0.2, 0.25) is 0 Å². The average molecular weight is 540 g/mol. The summed E-state index contributed by atoms with van der Waals surface area (Å²) in [5.41, 5.74) is 9.87. The third-order valence-corrected chi connectivity index (χ3v) is 8.87. The number of carboxylic acids is 1. The first-order valence-electron chi connectivity index (χ1n) is 14.3. The third-order valence-electron chi connectivity index (χ3n) is 8.87. The van der Waals surface area contributed by atoms with Gasteiger partial charge in [-0.25, -0.2) is 4.68 Å². The minimum Gasteiger partial charge on any atom is -0.487 e. The Morgan fingerprint density at radius 2 is 2.08 bits per heavy atom. The van der Waals surface area contributed by atoms with Crippen molar-refractivity contribution >= 4 is 17.0 Å². The minimum absolute atomic E-state index is 0.0218. The predicted octanol–water partition coefficient (Wildman–Crippen LogP) is 5.50. The molecule has 2 aliphatic rings. The van der Waals surface area contributed by atoms with E-state index in [9.17, 15) is 9.90 Å². The second-order valence-electron chi connectivity index (χ2n) is 11.3. The molecule has 0 bridgehead atoms. The number of benzene rings is 2. The molecule has 8 nitrogen and oxygen atoms in total. The van der Waals surface area contributed by atoms with Crippen molar-refractivity contribution in [3.05, 3.63) is 81.7 Å². The first-order valence-corrected chi connectivity index (χ1v) is 14.3. The first-order chi connectivity index (χ1) is 19.3. The molecule has 3 atom stereocenters. The molecule has 0 saturated carbocycles. The molecule has 0 saturated heterocycles. The highest BCUT2D eigenvalue weighted by Gasteiger charge is 2.31. The van der Waals surface area contributed by atoms with Gasteiger partial charge >= 0.3 is 5.97 Å². The molecule has 0 amide bonds. The van der Waals surface area contributed by atoms with Crippen LogP contribution in [0.15, 0.2) is 42.6 Å². The number of carboxylic acid groups (broad SMARTS) is 1. The van der Waals surface area contributed by atoms with E-state index in [1.54, 1.807) is 4.68 Å². The Morgan fingerprint density at radius 1 is 1.23 bits per heavy atom. The molecule has 1 aliphatic heterocycles. The smallest absolute Gasteiger partial charge is 0.304 e. The summed E-state index contributed by atoms with van der Waals surface area (Å²) >= 11 is 0. The monoisotopic (exact) mass is 539 g/mol. The number of ether oxygens (including phenoxy) is 1. The number of fused-ring (bicyclic) bond motifs is 3. The van der Waals surface area contributed by atoms with Gasteiger partial charge in [-0.1, -0.05) is 30.3 Å². The summed E-state index contributed by atoms with van der Waals surface area (Å²) in [4.78, 5) is 19.4. The number of aryl methyl sites for hydroxylation is 3. The fourth-order valence-electron chi connectivity index (χ4n) is 6.63. The predicted molar refractivity (Wildman–Crippen MR) is 154 cm³/mol. The number of carbonyl (C=O) groups is 1. The van der Waals surface area contributed by atoms with Crippen LogP contribution in [-0.2, 0) is 31.2 Å². The lowest BCUT2D eigenvalue weighted by molar-refractivity contribution is -0.137. The van der Waals surface area contributed by atoms with E-state index in [1.807, 2.05) is 38.4 Å². The largest absolute Gasteiger partial charge is 0.487 e. The Labute approximate surface area is 235 Å². The number of rotatable bonds is 7. The van der Waals surface area contributed by atoms with Crippen LogP contribution in [0.5, 0.6) is 5.75 Å². The Morgan fingerprint density at radius 3 is 2.88 bits per heavy atom. The molecule has 208 valence electrons. The van der Waals surface area contributed by atoms with Gasteiger partial charge in [0.05, 0.1) is 23.7 Å². The van der Waals surface area contributed by atoms with Gasteiger partial charge in [0.25, 0.3) is 0 Å². The van der Waals surface area contributed by atoms with Crippen LogP contribution in [0.3, 0.4) is 0 Å². The summed E-state index contributed by atoms with van der Waals surface area (Å²) in [5.74, 6) is -0.207. The van der Waals surface area contributed by atoms with Crippen LogP contribution in [0.1, 0.15) is 84.1 Å². The maximum Gasteiger partial charge on any atom is 0.304 e. The topological polar surface area (TPSA) is 93.4 Å². The van der Waals surface area contributed by atoms with Crippen molar-refractivity contribution in [2.24, 2.45) is 7.05 Å². The van der Waals surface area contributed by atoms with Crippen LogP contribution in [-0.4, -0.2) is 48.6 Å². The van der Waals surface area contributed by atoms with Gasteiger partial charge in [-0.15, -0.1) is 5.10 Å². The molecule has 0 fully saturated rings. The van der Waals surface area contributed by atoms with Gasteiger partial charge in [-0.3, -0.25) is 14.7 Å². The highest BCUT2D eigenvalue weighted by molar-refractivity contribution is 5.80. The molecule has 2 aromatic heterocycles. The van der Waals surface area contributed by atoms with Crippen LogP contribution in [0, 0.1) is 6.92 Å². The molecule has 1 aliphatic carbocycles. The Kier molecular flexibility index (Phi) is 7.04. The summed E-state index contributed by atoms with van der Waals surface area (Å²) in [6.45, 7) is 8.00.